The van der Waals surface area contributed by atoms with E-state index in [-0.39, 0.29) is 23.0 Å². The minimum Gasteiger partial charge on any atom is -0.368 e. The third-order valence-electron chi connectivity index (χ3n) is 4.48. The van der Waals surface area contributed by atoms with Crippen LogP contribution in [0.5, 0.6) is 0 Å². The largest absolute Gasteiger partial charge is 0.368 e. The highest BCUT2D eigenvalue weighted by Crippen LogP contribution is 2.16. The Labute approximate surface area is 162 Å². The zero-order valence-corrected chi connectivity index (χ0v) is 15.5. The molecular formula is C20H20ClN3O3. The zero-order valence-electron chi connectivity index (χ0n) is 14.7. The number of benzene rings is 2. The highest BCUT2D eigenvalue weighted by Gasteiger charge is 2.23. The molecule has 0 aromatic heterocycles. The standard InChI is InChI=1S/C20H20ClN3O3/c21-17-9-5-4-8-16(17)19(26)20(27)22-14-18(25)24-12-10-23(11-13-24)15-6-2-1-3-7-15/h1-9H,10-14H2,(H,22,27). The summed E-state index contributed by atoms with van der Waals surface area (Å²) in [5, 5.41) is 2.61. The van der Waals surface area contributed by atoms with Crippen molar-refractivity contribution in [3.05, 3.63) is 65.2 Å². The van der Waals surface area contributed by atoms with Crippen LogP contribution in [0.1, 0.15) is 10.4 Å². The molecule has 2 amide bonds. The highest BCUT2D eigenvalue weighted by atomic mass is 35.5. The van der Waals surface area contributed by atoms with Crippen LogP contribution >= 0.6 is 11.6 Å². The van der Waals surface area contributed by atoms with Crippen molar-refractivity contribution in [1.29, 1.82) is 0 Å². The molecule has 1 aliphatic heterocycles. The first-order chi connectivity index (χ1) is 13.1. The number of rotatable bonds is 5. The number of anilines is 1. The average molecular weight is 386 g/mol. The Balaban J connectivity index is 1.48. The lowest BCUT2D eigenvalue weighted by molar-refractivity contribution is -0.132. The number of halogens is 1. The second-order valence-corrected chi connectivity index (χ2v) is 6.60. The lowest BCUT2D eigenvalue weighted by Crippen LogP contribution is -2.51. The topological polar surface area (TPSA) is 69.7 Å². The average Bonchev–Trinajstić information content (AvgIpc) is 2.72. The first-order valence-electron chi connectivity index (χ1n) is 8.71. The number of hydrogen-bond acceptors (Lipinski definition) is 4. The quantitative estimate of drug-likeness (QED) is 0.631. The molecule has 0 aliphatic carbocycles. The maximum atomic E-state index is 12.3. The summed E-state index contributed by atoms with van der Waals surface area (Å²) in [6.07, 6.45) is 0. The van der Waals surface area contributed by atoms with Gasteiger partial charge in [0.15, 0.2) is 0 Å². The number of nitrogens with zero attached hydrogens (tertiary/aromatic N) is 2. The molecule has 0 saturated carbocycles. The van der Waals surface area contributed by atoms with Gasteiger partial charge in [-0.05, 0) is 24.3 Å². The molecule has 1 saturated heterocycles. The Bertz CT molecular complexity index is 833. The van der Waals surface area contributed by atoms with Gasteiger partial charge in [-0.25, -0.2) is 0 Å². The predicted molar refractivity (Wildman–Crippen MR) is 104 cm³/mol. The lowest BCUT2D eigenvalue weighted by Gasteiger charge is -2.36. The minimum atomic E-state index is -0.834. The van der Waals surface area contributed by atoms with E-state index in [0.717, 1.165) is 18.8 Å². The summed E-state index contributed by atoms with van der Waals surface area (Å²) in [5.74, 6) is -1.79. The van der Waals surface area contributed by atoms with E-state index in [9.17, 15) is 14.4 Å². The van der Waals surface area contributed by atoms with Crippen LogP contribution in [0.4, 0.5) is 5.69 Å². The fourth-order valence-corrected chi connectivity index (χ4v) is 3.19. The maximum Gasteiger partial charge on any atom is 0.292 e. The van der Waals surface area contributed by atoms with Gasteiger partial charge in [0.05, 0.1) is 11.6 Å². The van der Waals surface area contributed by atoms with Gasteiger partial charge in [0, 0.05) is 37.4 Å². The fraction of sp³-hybridized carbons (Fsp3) is 0.250. The van der Waals surface area contributed by atoms with Gasteiger partial charge in [-0.15, -0.1) is 0 Å². The summed E-state index contributed by atoms with van der Waals surface area (Å²) in [7, 11) is 0. The highest BCUT2D eigenvalue weighted by molar-refractivity contribution is 6.47. The van der Waals surface area contributed by atoms with Crippen LogP contribution < -0.4 is 10.2 Å². The summed E-state index contributed by atoms with van der Waals surface area (Å²) in [6.45, 7) is 2.38. The van der Waals surface area contributed by atoms with Gasteiger partial charge in [-0.2, -0.15) is 0 Å². The molecule has 1 N–H and O–H groups in total. The van der Waals surface area contributed by atoms with Crippen LogP contribution in [-0.4, -0.2) is 55.2 Å². The van der Waals surface area contributed by atoms with Crippen LogP contribution in [-0.2, 0) is 9.59 Å². The SMILES string of the molecule is O=C(NCC(=O)N1CCN(c2ccccc2)CC1)C(=O)c1ccccc1Cl. The molecule has 2 aromatic carbocycles. The van der Waals surface area contributed by atoms with E-state index in [2.05, 4.69) is 10.2 Å². The molecule has 1 heterocycles. The summed E-state index contributed by atoms with van der Waals surface area (Å²) >= 11 is 5.93. The second-order valence-electron chi connectivity index (χ2n) is 6.20. The number of nitrogens with one attached hydrogen (secondary N) is 1. The fourth-order valence-electron chi connectivity index (χ4n) is 2.97. The monoisotopic (exact) mass is 385 g/mol. The molecule has 2 aromatic rings. The Morgan fingerprint density at radius 1 is 0.889 bits per heavy atom. The predicted octanol–water partition coefficient (Wildman–Crippen LogP) is 1.99. The molecule has 0 spiro atoms. The van der Waals surface area contributed by atoms with Crippen molar-refractivity contribution in [3.8, 4) is 0 Å². The molecule has 0 bridgehead atoms. The van der Waals surface area contributed by atoms with E-state index in [0.29, 0.717) is 13.1 Å². The minimum absolute atomic E-state index is 0.126. The van der Waals surface area contributed by atoms with E-state index >= 15 is 0 Å². The van der Waals surface area contributed by atoms with Crippen molar-refractivity contribution in [2.75, 3.05) is 37.6 Å². The third kappa shape index (κ3) is 4.65. The first kappa shape index (κ1) is 18.9. The van der Waals surface area contributed by atoms with Crippen molar-refractivity contribution in [2.24, 2.45) is 0 Å². The van der Waals surface area contributed by atoms with Crippen LogP contribution in [0, 0.1) is 0 Å². The van der Waals surface area contributed by atoms with Gasteiger partial charge in [-0.1, -0.05) is 41.9 Å². The number of piperazine rings is 1. The number of Topliss-reactive ketones (excluding diaryl/α,β-unsaturated/α-hetero) is 1. The zero-order chi connectivity index (χ0) is 19.2. The van der Waals surface area contributed by atoms with Crippen molar-refractivity contribution in [1.82, 2.24) is 10.2 Å². The number of amides is 2. The summed E-state index contributed by atoms with van der Waals surface area (Å²) in [5.41, 5.74) is 1.25. The van der Waals surface area contributed by atoms with E-state index in [1.165, 1.54) is 6.07 Å². The number of para-hydroxylation sites is 1. The smallest absolute Gasteiger partial charge is 0.292 e. The molecule has 3 rings (SSSR count). The van der Waals surface area contributed by atoms with Gasteiger partial charge < -0.3 is 15.1 Å². The van der Waals surface area contributed by atoms with E-state index in [4.69, 9.17) is 11.6 Å². The van der Waals surface area contributed by atoms with E-state index in [1.807, 2.05) is 30.3 Å². The van der Waals surface area contributed by atoms with Crippen LogP contribution in [0.3, 0.4) is 0 Å². The molecule has 27 heavy (non-hydrogen) atoms. The number of carbonyl (C=O) groups excluding carboxylic acids is 3. The Kier molecular flexibility index (Phi) is 6.08. The van der Waals surface area contributed by atoms with E-state index < -0.39 is 11.7 Å². The van der Waals surface area contributed by atoms with Gasteiger partial charge in [-0.3, -0.25) is 14.4 Å². The Hall–Kier alpha value is -2.86. The van der Waals surface area contributed by atoms with Crippen molar-refractivity contribution >= 4 is 34.9 Å². The van der Waals surface area contributed by atoms with Gasteiger partial charge >= 0.3 is 0 Å². The molecule has 0 atom stereocenters. The van der Waals surface area contributed by atoms with Crippen LogP contribution in [0.25, 0.3) is 0 Å². The number of hydrogen-bond donors (Lipinski definition) is 1. The molecular weight excluding hydrogens is 366 g/mol. The molecule has 1 aliphatic rings. The maximum absolute atomic E-state index is 12.3. The summed E-state index contributed by atoms with van der Waals surface area (Å²) in [6, 6.07) is 16.3. The molecule has 6 nitrogen and oxygen atoms in total. The van der Waals surface area contributed by atoms with Crippen molar-refractivity contribution in [3.63, 3.8) is 0 Å². The van der Waals surface area contributed by atoms with Crippen molar-refractivity contribution < 1.29 is 14.4 Å². The second kappa shape index (κ2) is 8.68. The van der Waals surface area contributed by atoms with E-state index in [1.54, 1.807) is 23.1 Å². The van der Waals surface area contributed by atoms with Gasteiger partial charge in [0.25, 0.3) is 11.7 Å². The molecule has 1 fully saturated rings. The number of ketones is 1. The first-order valence-corrected chi connectivity index (χ1v) is 9.09. The molecule has 140 valence electrons. The molecule has 7 heteroatoms. The third-order valence-corrected chi connectivity index (χ3v) is 4.81. The van der Waals surface area contributed by atoms with Crippen LogP contribution in [0.2, 0.25) is 5.02 Å². The van der Waals surface area contributed by atoms with Crippen LogP contribution in [0.15, 0.2) is 54.6 Å². The molecule has 0 unspecified atom stereocenters. The van der Waals surface area contributed by atoms with Gasteiger partial charge in [0.2, 0.25) is 5.91 Å². The molecule has 0 radical (unpaired) electrons. The Morgan fingerprint density at radius 3 is 2.19 bits per heavy atom. The van der Waals surface area contributed by atoms with Gasteiger partial charge in [0.1, 0.15) is 0 Å². The van der Waals surface area contributed by atoms with Crippen molar-refractivity contribution in [2.45, 2.75) is 0 Å². The Morgan fingerprint density at radius 2 is 1.52 bits per heavy atom. The lowest BCUT2D eigenvalue weighted by atomic mass is 10.1. The summed E-state index contributed by atoms with van der Waals surface area (Å²) in [4.78, 5) is 40.4. The normalized spacial score (nSPS) is 14.0. The number of carbonyl (C=O) groups is 3. The summed E-state index contributed by atoms with van der Waals surface area (Å²) < 4.78 is 0.